The number of nitrogens with zero attached hydrogens (tertiary/aromatic N) is 1. The van der Waals surface area contributed by atoms with Gasteiger partial charge in [-0.15, -0.1) is 0 Å². The molecule has 42 heavy (non-hydrogen) atoms. The molecule has 2 N–H and O–H groups in total. The van der Waals surface area contributed by atoms with Crippen molar-refractivity contribution in [3.8, 4) is 0 Å². The molecule has 1 aliphatic rings. The van der Waals surface area contributed by atoms with E-state index in [1.165, 1.54) is 0 Å². The minimum atomic E-state index is -0.970. The number of amides is 3. The molecular formula is C33H45N3O6. The van der Waals surface area contributed by atoms with Crippen molar-refractivity contribution < 1.29 is 28.7 Å². The molecule has 0 spiro atoms. The van der Waals surface area contributed by atoms with E-state index in [0.717, 1.165) is 36.0 Å². The molecule has 9 heteroatoms. The van der Waals surface area contributed by atoms with Gasteiger partial charge in [0.25, 0.3) is 0 Å². The van der Waals surface area contributed by atoms with Gasteiger partial charge in [-0.3, -0.25) is 14.4 Å². The molecule has 1 saturated carbocycles. The van der Waals surface area contributed by atoms with Gasteiger partial charge >= 0.3 is 12.1 Å². The van der Waals surface area contributed by atoms with Crippen molar-refractivity contribution >= 4 is 23.9 Å². The molecule has 3 rings (SSSR count). The number of esters is 1. The summed E-state index contributed by atoms with van der Waals surface area (Å²) >= 11 is 0. The van der Waals surface area contributed by atoms with Gasteiger partial charge in [-0.25, -0.2) is 4.79 Å². The van der Waals surface area contributed by atoms with Crippen LogP contribution in [0.15, 0.2) is 48.5 Å². The smallest absolute Gasteiger partial charge is 0.408 e. The zero-order valence-electron chi connectivity index (χ0n) is 25.7. The summed E-state index contributed by atoms with van der Waals surface area (Å²) in [5.41, 5.74) is 2.64. The number of carbonyl (C=O) groups is 4. The van der Waals surface area contributed by atoms with Crippen LogP contribution in [0.3, 0.4) is 0 Å². The zero-order valence-corrected chi connectivity index (χ0v) is 25.7. The quantitative estimate of drug-likeness (QED) is 0.345. The number of nitrogens with one attached hydrogen (secondary N) is 2. The molecule has 2 aromatic rings. The van der Waals surface area contributed by atoms with Crippen molar-refractivity contribution in [2.75, 3.05) is 13.2 Å². The Morgan fingerprint density at radius 1 is 1.02 bits per heavy atom. The second-order valence-electron chi connectivity index (χ2n) is 11.8. The summed E-state index contributed by atoms with van der Waals surface area (Å²) in [5, 5.41) is 5.67. The topological polar surface area (TPSA) is 114 Å². The fraction of sp³-hybridized carbons (Fsp3) is 0.515. The lowest BCUT2D eigenvalue weighted by molar-refractivity contribution is -0.148. The Kier molecular flexibility index (Phi) is 11.5. The molecule has 228 valence electrons. The fourth-order valence-electron chi connectivity index (χ4n) is 4.95. The zero-order chi connectivity index (χ0) is 30.9. The second-order valence-corrected chi connectivity index (χ2v) is 11.8. The van der Waals surface area contributed by atoms with E-state index in [2.05, 4.69) is 10.6 Å². The van der Waals surface area contributed by atoms with Crippen LogP contribution < -0.4 is 10.6 Å². The predicted octanol–water partition coefficient (Wildman–Crippen LogP) is 4.93. The number of hydrogen-bond donors (Lipinski definition) is 2. The number of hydrogen-bond acceptors (Lipinski definition) is 6. The molecule has 2 unspecified atom stereocenters. The Balaban J connectivity index is 2.02. The van der Waals surface area contributed by atoms with E-state index in [1.54, 1.807) is 32.6 Å². The average Bonchev–Trinajstić information content (AvgIpc) is 2.88. The summed E-state index contributed by atoms with van der Waals surface area (Å²) in [6.45, 7) is 11.2. The predicted molar refractivity (Wildman–Crippen MR) is 161 cm³/mol. The highest BCUT2D eigenvalue weighted by Gasteiger charge is 2.42. The summed E-state index contributed by atoms with van der Waals surface area (Å²) in [6, 6.07) is 13.2. The van der Waals surface area contributed by atoms with Crippen LogP contribution in [0.4, 0.5) is 4.79 Å². The highest BCUT2D eigenvalue weighted by atomic mass is 16.6. The fourth-order valence-corrected chi connectivity index (χ4v) is 4.95. The monoisotopic (exact) mass is 579 g/mol. The van der Waals surface area contributed by atoms with E-state index in [9.17, 15) is 19.2 Å². The lowest BCUT2D eigenvalue weighted by atomic mass is 9.86. The number of benzene rings is 2. The van der Waals surface area contributed by atoms with Gasteiger partial charge in [-0.05, 0) is 77.5 Å². The highest BCUT2D eigenvalue weighted by Crippen LogP contribution is 2.35. The average molecular weight is 580 g/mol. The van der Waals surface area contributed by atoms with E-state index < -0.39 is 29.7 Å². The van der Waals surface area contributed by atoms with Gasteiger partial charge in [0.05, 0.1) is 13.0 Å². The summed E-state index contributed by atoms with van der Waals surface area (Å²) in [6.07, 6.45) is 1.97. The molecule has 2 aromatic carbocycles. The van der Waals surface area contributed by atoms with Crippen molar-refractivity contribution in [2.24, 2.45) is 0 Å². The van der Waals surface area contributed by atoms with Crippen molar-refractivity contribution in [2.45, 2.75) is 97.4 Å². The second kappa shape index (κ2) is 14.8. The molecule has 0 bridgehead atoms. The maximum Gasteiger partial charge on any atom is 0.408 e. The first-order valence-corrected chi connectivity index (χ1v) is 14.8. The molecule has 0 saturated heterocycles. The molecule has 2 atom stereocenters. The normalized spacial score (nSPS) is 14.6. The Hall–Kier alpha value is -3.88. The summed E-state index contributed by atoms with van der Waals surface area (Å²) in [7, 11) is 0. The van der Waals surface area contributed by atoms with Crippen LogP contribution in [-0.4, -0.2) is 59.6 Å². The Morgan fingerprint density at radius 3 is 2.31 bits per heavy atom. The Labute approximate surface area is 249 Å². The molecule has 1 aliphatic carbocycles. The highest BCUT2D eigenvalue weighted by molar-refractivity contribution is 5.93. The molecule has 3 amide bonds. The van der Waals surface area contributed by atoms with Gasteiger partial charge in [0, 0.05) is 19.0 Å². The number of ether oxygens (including phenoxy) is 2. The first kappa shape index (κ1) is 32.6. The first-order valence-electron chi connectivity index (χ1n) is 14.8. The van der Waals surface area contributed by atoms with E-state index in [1.807, 2.05) is 62.4 Å². The third kappa shape index (κ3) is 9.33. The van der Waals surface area contributed by atoms with E-state index in [0.29, 0.717) is 5.56 Å². The lowest BCUT2D eigenvalue weighted by Crippen LogP contribution is -2.58. The SMILES string of the molecule is CCOC(=O)CCNC(=O)C(c1cc(C)ccc1C)N(C(=O)C(Cc1ccccc1)NC(=O)OC(C)(C)C)C1CCC1. The van der Waals surface area contributed by atoms with Crippen LogP contribution in [0.1, 0.15) is 81.7 Å². The van der Waals surface area contributed by atoms with Crippen LogP contribution in [0.5, 0.6) is 0 Å². The van der Waals surface area contributed by atoms with Crippen molar-refractivity contribution in [3.05, 3.63) is 70.8 Å². The van der Waals surface area contributed by atoms with Crippen molar-refractivity contribution in [1.29, 1.82) is 0 Å². The summed E-state index contributed by atoms with van der Waals surface area (Å²) in [4.78, 5) is 55.1. The summed E-state index contributed by atoms with van der Waals surface area (Å²) < 4.78 is 10.5. The van der Waals surface area contributed by atoms with Crippen LogP contribution in [0.25, 0.3) is 0 Å². The summed E-state index contributed by atoms with van der Waals surface area (Å²) in [5.74, 6) is -1.15. The van der Waals surface area contributed by atoms with Gasteiger partial charge in [0.2, 0.25) is 11.8 Å². The number of aryl methyl sites for hydroxylation is 2. The van der Waals surface area contributed by atoms with E-state index in [4.69, 9.17) is 9.47 Å². The van der Waals surface area contributed by atoms with Gasteiger partial charge in [0.15, 0.2) is 0 Å². The van der Waals surface area contributed by atoms with Crippen molar-refractivity contribution in [3.63, 3.8) is 0 Å². The number of alkyl carbamates (subject to hydrolysis) is 1. The lowest BCUT2D eigenvalue weighted by Gasteiger charge is -2.44. The maximum atomic E-state index is 14.6. The van der Waals surface area contributed by atoms with Gasteiger partial charge in [-0.2, -0.15) is 0 Å². The van der Waals surface area contributed by atoms with Crippen molar-refractivity contribution in [1.82, 2.24) is 15.5 Å². The first-order chi connectivity index (χ1) is 19.9. The van der Waals surface area contributed by atoms with Crippen LogP contribution in [0, 0.1) is 13.8 Å². The Bertz CT molecular complexity index is 1240. The third-order valence-corrected chi connectivity index (χ3v) is 7.18. The Morgan fingerprint density at radius 2 is 1.71 bits per heavy atom. The number of rotatable bonds is 12. The molecule has 0 heterocycles. The molecule has 1 fully saturated rings. The van der Waals surface area contributed by atoms with E-state index >= 15 is 0 Å². The minimum Gasteiger partial charge on any atom is -0.466 e. The molecule has 0 aromatic heterocycles. The third-order valence-electron chi connectivity index (χ3n) is 7.18. The molecule has 9 nitrogen and oxygen atoms in total. The van der Waals surface area contributed by atoms with Gasteiger partial charge in [-0.1, -0.05) is 54.1 Å². The van der Waals surface area contributed by atoms with Crippen LogP contribution in [-0.2, 0) is 30.3 Å². The standard InChI is InChI=1S/C33H45N3O6/c1-7-41-28(37)18-19-34-30(38)29(26-20-22(2)16-17-23(26)3)36(25-14-11-15-25)31(39)27(21-24-12-9-8-10-13-24)35-32(40)42-33(4,5)6/h8-10,12-13,16-17,20,25,27,29H,7,11,14-15,18-19,21H2,1-6H3,(H,34,38)(H,35,40). The largest absolute Gasteiger partial charge is 0.466 e. The van der Waals surface area contributed by atoms with E-state index in [-0.39, 0.29) is 43.8 Å². The van der Waals surface area contributed by atoms with Crippen LogP contribution in [0.2, 0.25) is 0 Å². The molecular weight excluding hydrogens is 534 g/mol. The molecule has 0 radical (unpaired) electrons. The van der Waals surface area contributed by atoms with Gasteiger partial charge in [0.1, 0.15) is 17.7 Å². The number of carbonyl (C=O) groups excluding carboxylic acids is 4. The minimum absolute atomic E-state index is 0.0211. The maximum absolute atomic E-state index is 14.6. The van der Waals surface area contributed by atoms with Crippen LogP contribution >= 0.6 is 0 Å². The van der Waals surface area contributed by atoms with Gasteiger partial charge < -0.3 is 25.0 Å². The molecule has 0 aliphatic heterocycles.